The van der Waals surface area contributed by atoms with Crippen molar-refractivity contribution in [1.29, 1.82) is 0 Å². The van der Waals surface area contributed by atoms with E-state index in [0.29, 0.717) is 24.0 Å². The van der Waals surface area contributed by atoms with Gasteiger partial charge in [0.05, 0.1) is 12.2 Å². The molecule has 1 aromatic carbocycles. The van der Waals surface area contributed by atoms with Crippen LogP contribution in [0, 0.1) is 18.8 Å². The number of nitrogens with one attached hydrogen (secondary N) is 1. The lowest BCUT2D eigenvalue weighted by atomic mass is 9.82. The van der Waals surface area contributed by atoms with Crippen molar-refractivity contribution in [3.8, 4) is 11.4 Å². The van der Waals surface area contributed by atoms with Crippen LogP contribution >= 0.6 is 0 Å². The van der Waals surface area contributed by atoms with Gasteiger partial charge in [-0.25, -0.2) is 4.79 Å². The Morgan fingerprint density at radius 3 is 2.62 bits per heavy atom. The largest absolute Gasteiger partial charge is 0.374 e. The Labute approximate surface area is 152 Å². The molecule has 0 spiro atoms. The molecule has 4 heterocycles. The average Bonchev–Trinajstić information content (AvgIpc) is 3.38. The van der Waals surface area contributed by atoms with Crippen molar-refractivity contribution in [1.82, 2.24) is 19.7 Å². The number of carbonyl (C=O) groups is 1. The maximum atomic E-state index is 12.8. The van der Waals surface area contributed by atoms with Crippen molar-refractivity contribution in [3.63, 3.8) is 0 Å². The van der Waals surface area contributed by atoms with Crippen LogP contribution in [0.3, 0.4) is 0 Å². The molecule has 3 fully saturated rings. The van der Waals surface area contributed by atoms with Gasteiger partial charge >= 0.3 is 6.03 Å². The van der Waals surface area contributed by atoms with Gasteiger partial charge in [0.25, 0.3) is 0 Å². The molecule has 0 aliphatic carbocycles. The second kappa shape index (κ2) is 5.81. The number of likely N-dealkylation sites (tertiary alicyclic amines) is 1. The first-order chi connectivity index (χ1) is 12.6. The summed E-state index contributed by atoms with van der Waals surface area (Å²) in [6.07, 6.45) is 4.72. The number of hydrogen-bond acceptors (Lipinski definition) is 4. The van der Waals surface area contributed by atoms with Crippen molar-refractivity contribution in [2.45, 2.75) is 32.0 Å². The molecule has 1 aromatic heterocycles. The number of aromatic nitrogens is 3. The van der Waals surface area contributed by atoms with Gasteiger partial charge in [-0.05, 0) is 31.4 Å². The van der Waals surface area contributed by atoms with Crippen LogP contribution in [-0.4, -0.2) is 51.0 Å². The van der Waals surface area contributed by atoms with Gasteiger partial charge in [-0.1, -0.05) is 12.1 Å². The van der Waals surface area contributed by atoms with Gasteiger partial charge < -0.3 is 19.5 Å². The molecule has 4 atom stereocenters. The highest BCUT2D eigenvalue weighted by Gasteiger charge is 2.53. The fraction of sp³-hybridized carbons (Fsp3) is 0.526. The number of anilines is 1. The predicted molar refractivity (Wildman–Crippen MR) is 96.6 cm³/mol. The van der Waals surface area contributed by atoms with Gasteiger partial charge in [0.15, 0.2) is 5.82 Å². The quantitative estimate of drug-likeness (QED) is 0.900. The lowest BCUT2D eigenvalue weighted by molar-refractivity contribution is 0.0747. The summed E-state index contributed by atoms with van der Waals surface area (Å²) >= 11 is 0. The third-order valence-electron chi connectivity index (χ3n) is 6.27. The number of rotatable bonds is 2. The molecular formula is C19H23N5O2. The minimum atomic E-state index is -0.0167. The first-order valence-electron chi connectivity index (χ1n) is 9.27. The summed E-state index contributed by atoms with van der Waals surface area (Å²) in [6, 6.07) is 5.87. The Morgan fingerprint density at radius 1 is 1.23 bits per heavy atom. The first-order valence-corrected chi connectivity index (χ1v) is 9.27. The normalized spacial score (nSPS) is 29.2. The highest BCUT2D eigenvalue weighted by atomic mass is 16.5. The molecule has 7 nitrogen and oxygen atoms in total. The monoisotopic (exact) mass is 353 g/mol. The molecule has 26 heavy (non-hydrogen) atoms. The van der Waals surface area contributed by atoms with Crippen molar-refractivity contribution >= 4 is 11.7 Å². The molecule has 3 aliphatic rings. The molecule has 3 aliphatic heterocycles. The SMILES string of the molecule is Cc1c(NC(=O)N2C[C@@H]3[C@H](C2)[C@H]2CC[C@@H]3O2)cccc1-c1nncn1C. The van der Waals surface area contributed by atoms with E-state index in [4.69, 9.17) is 4.74 Å². The topological polar surface area (TPSA) is 72.3 Å². The van der Waals surface area contributed by atoms with Gasteiger partial charge in [0.2, 0.25) is 0 Å². The van der Waals surface area contributed by atoms with Crippen LogP contribution < -0.4 is 5.32 Å². The van der Waals surface area contributed by atoms with E-state index in [2.05, 4.69) is 15.5 Å². The Kier molecular flexibility index (Phi) is 3.53. The highest BCUT2D eigenvalue weighted by Crippen LogP contribution is 2.47. The number of amides is 2. The second-order valence-corrected chi connectivity index (χ2v) is 7.70. The zero-order chi connectivity index (χ0) is 17.8. The summed E-state index contributed by atoms with van der Waals surface area (Å²) < 4.78 is 7.88. The minimum absolute atomic E-state index is 0.0167. The van der Waals surface area contributed by atoms with E-state index in [1.807, 2.05) is 41.6 Å². The zero-order valence-electron chi connectivity index (χ0n) is 15.1. The first kappa shape index (κ1) is 15.8. The van der Waals surface area contributed by atoms with Crippen molar-refractivity contribution in [2.24, 2.45) is 18.9 Å². The Hall–Kier alpha value is -2.41. The number of hydrogen-bond donors (Lipinski definition) is 1. The molecule has 5 rings (SSSR count). The van der Waals surface area contributed by atoms with Gasteiger partial charge in [-0.3, -0.25) is 0 Å². The summed E-state index contributed by atoms with van der Waals surface area (Å²) in [4.78, 5) is 14.8. The predicted octanol–water partition coefficient (Wildman–Crippen LogP) is 2.43. The van der Waals surface area contributed by atoms with Crippen LogP contribution in [0.1, 0.15) is 18.4 Å². The zero-order valence-corrected chi connectivity index (χ0v) is 15.1. The third kappa shape index (κ3) is 2.34. The molecule has 2 aromatic rings. The molecule has 2 bridgehead atoms. The fourth-order valence-electron chi connectivity index (χ4n) is 4.86. The van der Waals surface area contributed by atoms with E-state index in [1.54, 1.807) is 6.33 Å². The summed E-state index contributed by atoms with van der Waals surface area (Å²) in [7, 11) is 1.92. The van der Waals surface area contributed by atoms with Gasteiger partial charge in [-0.15, -0.1) is 10.2 Å². The van der Waals surface area contributed by atoms with Crippen LogP contribution in [-0.2, 0) is 11.8 Å². The van der Waals surface area contributed by atoms with Crippen LogP contribution in [0.15, 0.2) is 24.5 Å². The molecule has 3 saturated heterocycles. The van der Waals surface area contributed by atoms with Crippen LogP contribution in [0.4, 0.5) is 10.5 Å². The van der Waals surface area contributed by atoms with E-state index in [0.717, 1.165) is 48.6 Å². The summed E-state index contributed by atoms with van der Waals surface area (Å²) in [5, 5.41) is 11.2. The Bertz CT molecular complexity index is 845. The molecule has 136 valence electrons. The number of aryl methyl sites for hydroxylation is 1. The van der Waals surface area contributed by atoms with Gasteiger partial charge in [0.1, 0.15) is 6.33 Å². The summed E-state index contributed by atoms with van der Waals surface area (Å²) in [5.74, 6) is 1.83. The number of nitrogens with zero attached hydrogens (tertiary/aromatic N) is 4. The molecule has 0 unspecified atom stereocenters. The van der Waals surface area contributed by atoms with E-state index < -0.39 is 0 Å². The molecule has 7 heteroatoms. The Morgan fingerprint density at radius 2 is 1.96 bits per heavy atom. The minimum Gasteiger partial charge on any atom is -0.374 e. The highest BCUT2D eigenvalue weighted by molar-refractivity contribution is 5.91. The third-order valence-corrected chi connectivity index (χ3v) is 6.27. The smallest absolute Gasteiger partial charge is 0.321 e. The van der Waals surface area contributed by atoms with Crippen LogP contribution in [0.2, 0.25) is 0 Å². The number of urea groups is 1. The molecule has 2 amide bonds. The van der Waals surface area contributed by atoms with E-state index >= 15 is 0 Å². The maximum absolute atomic E-state index is 12.8. The van der Waals surface area contributed by atoms with Gasteiger partial charge in [0, 0.05) is 43.2 Å². The van der Waals surface area contributed by atoms with E-state index in [1.165, 1.54) is 0 Å². The molecule has 0 saturated carbocycles. The standard InChI is InChI=1S/C19H23N5O2/c1-11-12(18-22-20-10-23(18)2)4-3-5-15(11)21-19(25)24-8-13-14(9-24)17-7-6-16(13)26-17/h3-5,10,13-14,16-17H,6-9H2,1-2H3,(H,21,25)/t13-,14+,16+,17-. The lowest BCUT2D eigenvalue weighted by Gasteiger charge is -2.20. The Balaban J connectivity index is 1.34. The second-order valence-electron chi connectivity index (χ2n) is 7.70. The number of benzene rings is 1. The van der Waals surface area contributed by atoms with Gasteiger partial charge in [-0.2, -0.15) is 0 Å². The van der Waals surface area contributed by atoms with Crippen LogP contribution in [0.25, 0.3) is 11.4 Å². The maximum Gasteiger partial charge on any atom is 0.321 e. The number of fused-ring (bicyclic) bond motifs is 5. The van der Waals surface area contributed by atoms with E-state index in [-0.39, 0.29) is 6.03 Å². The number of carbonyl (C=O) groups excluding carboxylic acids is 1. The van der Waals surface area contributed by atoms with E-state index in [9.17, 15) is 4.79 Å². The van der Waals surface area contributed by atoms with Crippen LogP contribution in [0.5, 0.6) is 0 Å². The van der Waals surface area contributed by atoms with Crippen molar-refractivity contribution in [3.05, 3.63) is 30.1 Å². The summed E-state index contributed by atoms with van der Waals surface area (Å²) in [6.45, 7) is 3.62. The lowest BCUT2D eigenvalue weighted by Crippen LogP contribution is -2.35. The molecule has 1 N–H and O–H groups in total. The average molecular weight is 353 g/mol. The molecular weight excluding hydrogens is 330 g/mol. The number of ether oxygens (including phenoxy) is 1. The fourth-order valence-corrected chi connectivity index (χ4v) is 4.86. The summed E-state index contributed by atoms with van der Waals surface area (Å²) in [5.41, 5.74) is 2.80. The van der Waals surface area contributed by atoms with Crippen molar-refractivity contribution in [2.75, 3.05) is 18.4 Å². The van der Waals surface area contributed by atoms with Crippen molar-refractivity contribution < 1.29 is 9.53 Å². The molecule has 0 radical (unpaired) electrons.